The molecule has 1 atom stereocenters. The summed E-state index contributed by atoms with van der Waals surface area (Å²) in [6, 6.07) is 16.7. The van der Waals surface area contributed by atoms with Crippen molar-refractivity contribution in [3.05, 3.63) is 60.7 Å². The van der Waals surface area contributed by atoms with Crippen LogP contribution in [0.3, 0.4) is 0 Å². The first-order chi connectivity index (χ1) is 13.9. The van der Waals surface area contributed by atoms with Gasteiger partial charge in [-0.3, -0.25) is 4.79 Å². The van der Waals surface area contributed by atoms with Crippen molar-refractivity contribution < 1.29 is 19.1 Å². The molecular weight excluding hydrogens is 370 g/mol. The fourth-order valence-corrected chi connectivity index (χ4v) is 2.74. The summed E-state index contributed by atoms with van der Waals surface area (Å²) >= 11 is 0. The summed E-state index contributed by atoms with van der Waals surface area (Å²) in [5.41, 5.74) is 1.34. The van der Waals surface area contributed by atoms with Gasteiger partial charge >= 0.3 is 12.0 Å². The van der Waals surface area contributed by atoms with Crippen LogP contribution in [0, 0.1) is 5.92 Å². The number of nitrogens with one attached hydrogen (secondary N) is 2. The molecule has 0 aliphatic carbocycles. The molecule has 154 valence electrons. The number of nitrogens with zero attached hydrogens (tertiary/aromatic N) is 1. The van der Waals surface area contributed by atoms with E-state index in [9.17, 15) is 14.4 Å². The molecule has 7 nitrogen and oxygen atoms in total. The van der Waals surface area contributed by atoms with E-state index in [1.165, 1.54) is 4.90 Å². The van der Waals surface area contributed by atoms with Crippen molar-refractivity contribution in [3.63, 3.8) is 0 Å². The Bertz CT molecular complexity index is 809. The lowest BCUT2D eigenvalue weighted by molar-refractivity contribution is -0.150. The highest BCUT2D eigenvalue weighted by atomic mass is 16.5. The predicted octanol–water partition coefficient (Wildman–Crippen LogP) is 3.43. The predicted molar refractivity (Wildman–Crippen MR) is 113 cm³/mol. The van der Waals surface area contributed by atoms with E-state index in [1.54, 1.807) is 38.1 Å². The third-order valence-electron chi connectivity index (χ3n) is 4.26. The van der Waals surface area contributed by atoms with Gasteiger partial charge in [-0.15, -0.1) is 0 Å². The van der Waals surface area contributed by atoms with Crippen molar-refractivity contribution in [2.45, 2.75) is 26.8 Å². The van der Waals surface area contributed by atoms with Crippen molar-refractivity contribution in [1.82, 2.24) is 5.32 Å². The monoisotopic (exact) mass is 397 g/mol. The largest absolute Gasteiger partial charge is 0.454 e. The molecule has 0 spiro atoms. The lowest BCUT2D eigenvalue weighted by Gasteiger charge is -2.23. The molecule has 0 aromatic heterocycles. The molecule has 0 aliphatic heterocycles. The Kier molecular flexibility index (Phi) is 8.21. The third-order valence-corrected chi connectivity index (χ3v) is 4.26. The van der Waals surface area contributed by atoms with Gasteiger partial charge < -0.3 is 20.3 Å². The second-order valence-corrected chi connectivity index (χ2v) is 6.77. The van der Waals surface area contributed by atoms with Gasteiger partial charge in [-0.25, -0.2) is 9.59 Å². The van der Waals surface area contributed by atoms with E-state index in [1.807, 2.05) is 43.3 Å². The molecule has 0 radical (unpaired) electrons. The quantitative estimate of drug-likeness (QED) is 0.668. The van der Waals surface area contributed by atoms with Crippen LogP contribution >= 0.6 is 0 Å². The van der Waals surface area contributed by atoms with Gasteiger partial charge in [-0.1, -0.05) is 50.2 Å². The molecule has 29 heavy (non-hydrogen) atoms. The van der Waals surface area contributed by atoms with Crippen molar-refractivity contribution >= 4 is 29.3 Å². The first kappa shape index (κ1) is 21.9. The first-order valence-electron chi connectivity index (χ1n) is 9.57. The third kappa shape index (κ3) is 6.64. The maximum absolute atomic E-state index is 12.5. The molecule has 0 bridgehead atoms. The number of rotatable bonds is 8. The van der Waals surface area contributed by atoms with Gasteiger partial charge in [0.25, 0.3) is 5.91 Å². The number of amides is 3. The van der Waals surface area contributed by atoms with E-state index < -0.39 is 24.6 Å². The zero-order chi connectivity index (χ0) is 21.2. The van der Waals surface area contributed by atoms with Crippen LogP contribution in [-0.4, -0.2) is 37.1 Å². The molecule has 0 fully saturated rings. The lowest BCUT2D eigenvalue weighted by atomic mass is 10.1. The summed E-state index contributed by atoms with van der Waals surface area (Å²) in [4.78, 5) is 38.7. The normalized spacial score (nSPS) is 11.4. The average Bonchev–Trinajstić information content (AvgIpc) is 2.72. The number of benzene rings is 2. The van der Waals surface area contributed by atoms with Gasteiger partial charge in [0.1, 0.15) is 6.04 Å². The molecule has 0 saturated heterocycles. The maximum Gasteiger partial charge on any atom is 0.329 e. The molecule has 0 saturated carbocycles. The highest BCUT2D eigenvalue weighted by Gasteiger charge is 2.27. The highest BCUT2D eigenvalue weighted by molar-refractivity contribution is 5.96. The van der Waals surface area contributed by atoms with Gasteiger partial charge in [-0.05, 0) is 37.1 Å². The highest BCUT2D eigenvalue weighted by Crippen LogP contribution is 2.13. The summed E-state index contributed by atoms with van der Waals surface area (Å²) in [5, 5.41) is 5.28. The molecular formula is C22H27N3O4. The Morgan fingerprint density at radius 3 is 2.10 bits per heavy atom. The lowest BCUT2D eigenvalue weighted by Crippen LogP contribution is -2.47. The van der Waals surface area contributed by atoms with Crippen LogP contribution in [0.15, 0.2) is 60.7 Å². The average molecular weight is 397 g/mol. The van der Waals surface area contributed by atoms with Crippen molar-refractivity contribution in [2.24, 2.45) is 5.92 Å². The number of carbonyl (C=O) groups excluding carboxylic acids is 3. The summed E-state index contributed by atoms with van der Waals surface area (Å²) in [7, 11) is 0. The molecule has 2 rings (SSSR count). The number of hydrogen-bond donors (Lipinski definition) is 2. The van der Waals surface area contributed by atoms with Crippen LogP contribution in [0.1, 0.15) is 20.8 Å². The number of esters is 1. The van der Waals surface area contributed by atoms with E-state index in [0.717, 1.165) is 5.69 Å². The topological polar surface area (TPSA) is 87.7 Å². The molecule has 2 N–H and O–H groups in total. The van der Waals surface area contributed by atoms with E-state index in [0.29, 0.717) is 12.2 Å². The first-order valence-corrected chi connectivity index (χ1v) is 9.57. The number of likely N-dealkylation sites (N-methyl/N-ethyl adjacent to an activating group) is 1. The minimum Gasteiger partial charge on any atom is -0.454 e. The van der Waals surface area contributed by atoms with E-state index in [-0.39, 0.29) is 11.8 Å². The Labute approximate surface area is 171 Å². The number of hydrogen-bond acceptors (Lipinski definition) is 4. The van der Waals surface area contributed by atoms with Crippen LogP contribution < -0.4 is 15.5 Å². The number of urea groups is 1. The van der Waals surface area contributed by atoms with Crippen LogP contribution in [-0.2, 0) is 14.3 Å². The molecule has 2 aromatic carbocycles. The van der Waals surface area contributed by atoms with Crippen LogP contribution in [0.2, 0.25) is 0 Å². The van der Waals surface area contributed by atoms with Crippen LogP contribution in [0.25, 0.3) is 0 Å². The number of anilines is 2. The zero-order valence-electron chi connectivity index (χ0n) is 16.9. The van der Waals surface area contributed by atoms with E-state index in [2.05, 4.69) is 10.6 Å². The minimum atomic E-state index is -0.877. The fourth-order valence-electron chi connectivity index (χ4n) is 2.74. The van der Waals surface area contributed by atoms with Crippen molar-refractivity contribution in [2.75, 3.05) is 23.4 Å². The van der Waals surface area contributed by atoms with E-state index in [4.69, 9.17) is 4.74 Å². The van der Waals surface area contributed by atoms with E-state index >= 15 is 0 Å². The molecule has 7 heteroatoms. The minimum absolute atomic E-state index is 0.212. The molecule has 0 aliphatic rings. The molecule has 2 aromatic rings. The molecule has 0 unspecified atom stereocenters. The fraction of sp³-hybridized carbons (Fsp3) is 0.318. The van der Waals surface area contributed by atoms with Gasteiger partial charge in [0.15, 0.2) is 6.61 Å². The number of ether oxygens (including phenoxy) is 1. The number of carbonyl (C=O) groups is 3. The van der Waals surface area contributed by atoms with Gasteiger partial charge in [-0.2, -0.15) is 0 Å². The number of para-hydroxylation sites is 2. The molecule has 0 heterocycles. The molecule has 3 amide bonds. The smallest absolute Gasteiger partial charge is 0.329 e. The second kappa shape index (κ2) is 10.8. The Morgan fingerprint density at radius 1 is 0.966 bits per heavy atom. The summed E-state index contributed by atoms with van der Waals surface area (Å²) in [5.74, 6) is -1.19. The Morgan fingerprint density at radius 2 is 1.55 bits per heavy atom. The van der Waals surface area contributed by atoms with Crippen molar-refractivity contribution in [1.29, 1.82) is 0 Å². The SMILES string of the molecule is CCN(C(=O)COC(=O)[C@@H](NC(=O)Nc1ccccc1)C(C)C)c1ccccc1. The zero-order valence-corrected chi connectivity index (χ0v) is 16.9. The second-order valence-electron chi connectivity index (χ2n) is 6.77. The van der Waals surface area contributed by atoms with Crippen LogP contribution in [0.5, 0.6) is 0 Å². The standard InChI is InChI=1S/C22H27N3O4/c1-4-25(18-13-9-6-10-14-18)19(26)15-29-21(27)20(16(2)3)24-22(28)23-17-11-7-5-8-12-17/h5-14,16,20H,4,15H2,1-3H3,(H2,23,24,28)/t20-/m0/s1. The summed E-state index contributed by atoms with van der Waals surface area (Å²) in [6.45, 7) is 5.48. The van der Waals surface area contributed by atoms with Crippen LogP contribution in [0.4, 0.5) is 16.2 Å². The maximum atomic E-state index is 12.5. The Hall–Kier alpha value is -3.35. The van der Waals surface area contributed by atoms with Gasteiger partial charge in [0.2, 0.25) is 0 Å². The van der Waals surface area contributed by atoms with Crippen molar-refractivity contribution in [3.8, 4) is 0 Å². The summed E-state index contributed by atoms with van der Waals surface area (Å²) < 4.78 is 5.21. The van der Waals surface area contributed by atoms with Gasteiger partial charge in [0, 0.05) is 17.9 Å². The summed E-state index contributed by atoms with van der Waals surface area (Å²) in [6.07, 6.45) is 0. The Balaban J connectivity index is 1.93. The van der Waals surface area contributed by atoms with Gasteiger partial charge in [0.05, 0.1) is 0 Å².